The van der Waals surface area contributed by atoms with Crippen LogP contribution in [-0.2, 0) is 5.41 Å². The number of nitrogens with zero attached hydrogens (tertiary/aromatic N) is 2. The number of allylic oxidation sites excluding steroid dienone is 1. The van der Waals surface area contributed by atoms with Gasteiger partial charge in [-0.1, -0.05) is 45.9 Å². The minimum absolute atomic E-state index is 0.130. The van der Waals surface area contributed by atoms with Crippen LogP contribution in [-0.4, -0.2) is 22.0 Å². The molecule has 3 rings (SSSR count). The number of carbonyl (C=O) groups excluding carboxylic acids is 2. The summed E-state index contributed by atoms with van der Waals surface area (Å²) >= 11 is 0. The standard InChI is InChI=1S/C22H22N4O3.C2H6/c1-22(2,3)19-14-20(26-29-19)25-21(28)24-17-7-5-16(6-8-17)18(27)9-4-15-10-12-23-13-11-15;1-2/h4-14H,1-3H3,(H2,24,25,26,28);1-2H3/b9-4+;. The average Bonchev–Trinajstić information content (AvgIpc) is 3.23. The Morgan fingerprint density at radius 3 is 2.19 bits per heavy atom. The molecule has 162 valence electrons. The summed E-state index contributed by atoms with van der Waals surface area (Å²) in [6.45, 7) is 9.98. The van der Waals surface area contributed by atoms with Gasteiger partial charge in [0.2, 0.25) is 0 Å². The van der Waals surface area contributed by atoms with Crippen molar-refractivity contribution < 1.29 is 14.1 Å². The van der Waals surface area contributed by atoms with E-state index in [4.69, 9.17) is 4.52 Å². The summed E-state index contributed by atoms with van der Waals surface area (Å²) in [5, 5.41) is 9.16. The summed E-state index contributed by atoms with van der Waals surface area (Å²) in [6.07, 6.45) is 6.56. The first kappa shape index (κ1) is 23.5. The van der Waals surface area contributed by atoms with Crippen LogP contribution in [0, 0.1) is 0 Å². The lowest BCUT2D eigenvalue weighted by atomic mass is 9.93. The number of aromatic nitrogens is 2. The number of urea groups is 1. The van der Waals surface area contributed by atoms with Crippen molar-refractivity contribution in [3.63, 3.8) is 0 Å². The lowest BCUT2D eigenvalue weighted by molar-refractivity contribution is 0.104. The van der Waals surface area contributed by atoms with Crippen LogP contribution in [0.4, 0.5) is 16.3 Å². The Kier molecular flexibility index (Phi) is 8.25. The summed E-state index contributed by atoms with van der Waals surface area (Å²) in [5.41, 5.74) is 1.77. The molecule has 7 nitrogen and oxygen atoms in total. The van der Waals surface area contributed by atoms with E-state index in [1.54, 1.807) is 48.8 Å². The first-order valence-electron chi connectivity index (χ1n) is 10.1. The highest BCUT2D eigenvalue weighted by atomic mass is 16.5. The molecule has 0 aliphatic carbocycles. The second-order valence-corrected chi connectivity index (χ2v) is 7.46. The molecule has 0 aliphatic rings. The Balaban J connectivity index is 0.00000166. The zero-order chi connectivity index (χ0) is 22.9. The van der Waals surface area contributed by atoms with Gasteiger partial charge in [0.25, 0.3) is 0 Å². The molecule has 1 aromatic carbocycles. The second kappa shape index (κ2) is 10.9. The van der Waals surface area contributed by atoms with Gasteiger partial charge in [0, 0.05) is 35.1 Å². The number of rotatable bonds is 5. The van der Waals surface area contributed by atoms with Crippen LogP contribution >= 0.6 is 0 Å². The van der Waals surface area contributed by atoms with Gasteiger partial charge in [-0.2, -0.15) is 0 Å². The molecule has 31 heavy (non-hydrogen) atoms. The molecule has 0 saturated heterocycles. The molecule has 2 N–H and O–H groups in total. The number of nitrogens with one attached hydrogen (secondary N) is 2. The van der Waals surface area contributed by atoms with E-state index >= 15 is 0 Å². The molecule has 3 aromatic rings. The first-order valence-corrected chi connectivity index (χ1v) is 10.1. The topological polar surface area (TPSA) is 97.1 Å². The third-order valence-electron chi connectivity index (χ3n) is 4.05. The monoisotopic (exact) mass is 420 g/mol. The molecular formula is C24H28N4O3. The SMILES string of the molecule is CC.CC(C)(C)c1cc(NC(=O)Nc2ccc(C(=O)/C=C/c3ccncc3)cc2)no1. The zero-order valence-electron chi connectivity index (χ0n) is 18.5. The summed E-state index contributed by atoms with van der Waals surface area (Å²) in [5.74, 6) is 0.881. The van der Waals surface area contributed by atoms with Gasteiger partial charge in [-0.15, -0.1) is 0 Å². The van der Waals surface area contributed by atoms with E-state index < -0.39 is 6.03 Å². The van der Waals surface area contributed by atoms with E-state index in [1.165, 1.54) is 6.08 Å². The Morgan fingerprint density at radius 2 is 1.61 bits per heavy atom. The van der Waals surface area contributed by atoms with Crippen LogP contribution in [0.3, 0.4) is 0 Å². The van der Waals surface area contributed by atoms with Crippen molar-refractivity contribution in [2.24, 2.45) is 0 Å². The smallest absolute Gasteiger partial charge is 0.324 e. The summed E-state index contributed by atoms with van der Waals surface area (Å²) < 4.78 is 5.24. The molecule has 0 atom stereocenters. The van der Waals surface area contributed by atoms with Gasteiger partial charge < -0.3 is 9.84 Å². The van der Waals surface area contributed by atoms with E-state index in [2.05, 4.69) is 20.8 Å². The van der Waals surface area contributed by atoms with Crippen molar-refractivity contribution in [3.8, 4) is 0 Å². The molecule has 0 fully saturated rings. The van der Waals surface area contributed by atoms with Crippen molar-refractivity contribution in [2.75, 3.05) is 10.6 Å². The molecule has 2 amide bonds. The van der Waals surface area contributed by atoms with Crippen LogP contribution in [0.2, 0.25) is 0 Å². The number of amides is 2. The fourth-order valence-electron chi connectivity index (χ4n) is 2.43. The van der Waals surface area contributed by atoms with Crippen LogP contribution in [0.5, 0.6) is 0 Å². The van der Waals surface area contributed by atoms with Crippen molar-refractivity contribution in [2.45, 2.75) is 40.0 Å². The number of anilines is 2. The highest BCUT2D eigenvalue weighted by molar-refractivity contribution is 6.07. The molecule has 2 aromatic heterocycles. The van der Waals surface area contributed by atoms with Crippen molar-refractivity contribution >= 4 is 29.4 Å². The summed E-state index contributed by atoms with van der Waals surface area (Å²) in [4.78, 5) is 28.3. The van der Waals surface area contributed by atoms with Gasteiger partial charge in [0.05, 0.1) is 0 Å². The van der Waals surface area contributed by atoms with Crippen molar-refractivity contribution in [3.05, 3.63) is 77.8 Å². The molecule has 0 spiro atoms. The molecule has 0 bridgehead atoms. The molecule has 0 saturated carbocycles. The largest absolute Gasteiger partial charge is 0.359 e. The third-order valence-corrected chi connectivity index (χ3v) is 4.05. The van der Waals surface area contributed by atoms with E-state index in [9.17, 15) is 9.59 Å². The van der Waals surface area contributed by atoms with Crippen molar-refractivity contribution in [1.29, 1.82) is 0 Å². The van der Waals surface area contributed by atoms with E-state index in [0.717, 1.165) is 5.56 Å². The van der Waals surface area contributed by atoms with Gasteiger partial charge in [0.15, 0.2) is 11.6 Å². The number of hydrogen-bond acceptors (Lipinski definition) is 5. The Labute approximate surface area is 182 Å². The predicted molar refractivity (Wildman–Crippen MR) is 123 cm³/mol. The number of pyridine rings is 1. The first-order chi connectivity index (χ1) is 14.8. The second-order valence-electron chi connectivity index (χ2n) is 7.46. The van der Waals surface area contributed by atoms with E-state index in [0.29, 0.717) is 22.8 Å². The quantitative estimate of drug-likeness (QED) is 0.394. The molecule has 0 aliphatic heterocycles. The Hall–Kier alpha value is -3.74. The average molecular weight is 421 g/mol. The summed E-state index contributed by atoms with van der Waals surface area (Å²) in [7, 11) is 0. The highest BCUT2D eigenvalue weighted by Gasteiger charge is 2.20. The Morgan fingerprint density at radius 1 is 0.968 bits per heavy atom. The van der Waals surface area contributed by atoms with Crippen LogP contribution in [0.1, 0.15) is 56.3 Å². The molecule has 2 heterocycles. The van der Waals surface area contributed by atoms with Crippen LogP contribution in [0.15, 0.2) is 65.5 Å². The number of carbonyl (C=O) groups is 2. The van der Waals surface area contributed by atoms with Crippen LogP contribution in [0.25, 0.3) is 6.08 Å². The molecule has 0 unspecified atom stereocenters. The normalized spacial score (nSPS) is 10.9. The van der Waals surface area contributed by atoms with Gasteiger partial charge in [0.1, 0.15) is 5.76 Å². The van der Waals surface area contributed by atoms with Gasteiger partial charge in [-0.25, -0.2) is 4.79 Å². The van der Waals surface area contributed by atoms with Gasteiger partial charge >= 0.3 is 6.03 Å². The number of benzene rings is 1. The number of ketones is 1. The van der Waals surface area contributed by atoms with Gasteiger partial charge in [-0.05, 0) is 48.0 Å². The fraction of sp³-hybridized carbons (Fsp3) is 0.250. The molecule has 7 heteroatoms. The minimum atomic E-state index is -0.449. The number of hydrogen-bond donors (Lipinski definition) is 2. The zero-order valence-corrected chi connectivity index (χ0v) is 18.5. The summed E-state index contributed by atoms with van der Waals surface area (Å²) in [6, 6.07) is 11.5. The maximum Gasteiger partial charge on any atom is 0.324 e. The lowest BCUT2D eigenvalue weighted by Gasteiger charge is -2.12. The van der Waals surface area contributed by atoms with E-state index in [-0.39, 0.29) is 11.2 Å². The minimum Gasteiger partial charge on any atom is -0.359 e. The molecular weight excluding hydrogens is 392 g/mol. The van der Waals surface area contributed by atoms with E-state index in [1.807, 2.05) is 46.8 Å². The van der Waals surface area contributed by atoms with Gasteiger partial charge in [-0.3, -0.25) is 15.1 Å². The lowest BCUT2D eigenvalue weighted by Crippen LogP contribution is -2.19. The van der Waals surface area contributed by atoms with Crippen molar-refractivity contribution in [1.82, 2.24) is 10.1 Å². The predicted octanol–water partition coefficient (Wildman–Crippen LogP) is 5.93. The highest BCUT2D eigenvalue weighted by Crippen LogP contribution is 2.24. The molecule has 0 radical (unpaired) electrons. The maximum absolute atomic E-state index is 12.3. The maximum atomic E-state index is 12.3. The third kappa shape index (κ3) is 7.22. The fourth-order valence-corrected chi connectivity index (χ4v) is 2.43. The van der Waals surface area contributed by atoms with Crippen LogP contribution < -0.4 is 10.6 Å². The Bertz CT molecular complexity index is 1020.